The fraction of sp³-hybridized carbons (Fsp3) is 0.0952. The minimum absolute atomic E-state index is 0.0482. The lowest BCUT2D eigenvalue weighted by Crippen LogP contribution is -2.20. The molecule has 0 radical (unpaired) electrons. The first-order valence-corrected chi connectivity index (χ1v) is 10.4. The number of halogens is 3. The third-order valence-corrected chi connectivity index (χ3v) is 5.49. The summed E-state index contributed by atoms with van der Waals surface area (Å²) in [7, 11) is -3.92. The average molecular weight is 450 g/mol. The number of nitrogens with one attached hydrogen (secondary N) is 2. The normalized spacial score (nSPS) is 11.1. The van der Waals surface area contributed by atoms with Crippen LogP contribution in [-0.2, 0) is 14.8 Å². The molecule has 0 unspecified atom stereocenters. The van der Waals surface area contributed by atoms with Crippen LogP contribution in [0.2, 0.25) is 0 Å². The van der Waals surface area contributed by atoms with Crippen molar-refractivity contribution in [3.63, 3.8) is 0 Å². The Labute approximate surface area is 176 Å². The van der Waals surface area contributed by atoms with E-state index in [-0.39, 0.29) is 22.0 Å². The van der Waals surface area contributed by atoms with Gasteiger partial charge < -0.3 is 10.1 Å². The van der Waals surface area contributed by atoms with E-state index in [0.29, 0.717) is 5.56 Å². The number of amides is 1. The van der Waals surface area contributed by atoms with Gasteiger partial charge in [0, 0.05) is 17.4 Å². The van der Waals surface area contributed by atoms with Crippen LogP contribution >= 0.6 is 0 Å². The molecule has 10 heteroatoms. The first kappa shape index (κ1) is 22.2. The zero-order chi connectivity index (χ0) is 22.6. The largest absolute Gasteiger partial charge is 0.483 e. The van der Waals surface area contributed by atoms with Gasteiger partial charge in [0.15, 0.2) is 18.2 Å². The van der Waals surface area contributed by atoms with Crippen molar-refractivity contribution in [2.75, 3.05) is 16.6 Å². The molecule has 0 aliphatic carbocycles. The second-order valence-corrected chi connectivity index (χ2v) is 8.19. The first-order chi connectivity index (χ1) is 14.6. The van der Waals surface area contributed by atoms with Crippen molar-refractivity contribution >= 4 is 27.3 Å². The van der Waals surface area contributed by atoms with Crippen molar-refractivity contribution in [2.24, 2.45) is 0 Å². The van der Waals surface area contributed by atoms with Crippen molar-refractivity contribution in [1.82, 2.24) is 0 Å². The summed E-state index contributed by atoms with van der Waals surface area (Å²) in [5, 5.41) is 2.36. The number of hydrogen-bond donors (Lipinski definition) is 2. The highest BCUT2D eigenvalue weighted by Gasteiger charge is 2.16. The Morgan fingerprint density at radius 1 is 0.903 bits per heavy atom. The maximum Gasteiger partial charge on any atom is 0.262 e. The number of anilines is 2. The predicted octanol–water partition coefficient (Wildman–Crippen LogP) is 4.23. The lowest BCUT2D eigenvalue weighted by Gasteiger charge is -2.12. The third kappa shape index (κ3) is 5.76. The highest BCUT2D eigenvalue weighted by atomic mass is 32.2. The lowest BCUT2D eigenvalue weighted by molar-refractivity contribution is -0.118. The average Bonchev–Trinajstić information content (AvgIpc) is 2.71. The Balaban J connectivity index is 1.64. The minimum atomic E-state index is -3.92. The van der Waals surface area contributed by atoms with E-state index in [4.69, 9.17) is 4.74 Å². The number of carbonyl (C=O) groups is 1. The van der Waals surface area contributed by atoms with Gasteiger partial charge in [-0.3, -0.25) is 9.52 Å². The first-order valence-electron chi connectivity index (χ1n) is 8.91. The van der Waals surface area contributed by atoms with Gasteiger partial charge in [-0.05, 0) is 67.1 Å². The zero-order valence-corrected chi connectivity index (χ0v) is 17.0. The summed E-state index contributed by atoms with van der Waals surface area (Å²) in [5.41, 5.74) is 0.716. The molecule has 0 aliphatic rings. The molecule has 0 spiro atoms. The number of sulfonamides is 1. The number of carbonyl (C=O) groups excluding carboxylic acids is 1. The summed E-state index contributed by atoms with van der Waals surface area (Å²) < 4.78 is 71.8. The molecule has 0 saturated heterocycles. The molecule has 0 aromatic heterocycles. The Morgan fingerprint density at radius 3 is 2.23 bits per heavy atom. The van der Waals surface area contributed by atoms with Crippen LogP contribution in [0.1, 0.15) is 5.56 Å². The number of hydrogen-bond acceptors (Lipinski definition) is 4. The van der Waals surface area contributed by atoms with E-state index in [9.17, 15) is 26.4 Å². The van der Waals surface area contributed by atoms with Crippen LogP contribution in [0.3, 0.4) is 0 Å². The SMILES string of the molecule is Cc1cc(S(=O)(=O)Nc2ccc(F)cc2)ccc1OCC(=O)Nc1ccc(F)c(F)c1. The Hall–Kier alpha value is -3.53. The molecule has 1 amide bonds. The van der Waals surface area contributed by atoms with Gasteiger partial charge in [-0.1, -0.05) is 0 Å². The Morgan fingerprint density at radius 2 is 1.58 bits per heavy atom. The molecule has 0 atom stereocenters. The summed E-state index contributed by atoms with van der Waals surface area (Å²) >= 11 is 0. The highest BCUT2D eigenvalue weighted by molar-refractivity contribution is 7.92. The standard InChI is InChI=1S/C21H17F3N2O4S/c1-13-10-17(31(28,29)26-15-4-2-14(22)3-5-15)7-9-20(13)30-12-21(27)25-16-6-8-18(23)19(24)11-16/h2-11,26H,12H2,1H3,(H,25,27). The van der Waals surface area contributed by atoms with E-state index in [2.05, 4.69) is 10.0 Å². The monoisotopic (exact) mass is 450 g/mol. The van der Waals surface area contributed by atoms with E-state index in [1.165, 1.54) is 36.4 Å². The molecule has 0 heterocycles. The molecule has 3 rings (SSSR count). The van der Waals surface area contributed by atoms with Crippen LogP contribution in [0.5, 0.6) is 5.75 Å². The van der Waals surface area contributed by atoms with Crippen molar-refractivity contribution < 1.29 is 31.1 Å². The maximum absolute atomic E-state index is 13.2. The summed E-state index contributed by atoms with van der Waals surface area (Å²) in [6.07, 6.45) is 0. The summed E-state index contributed by atoms with van der Waals surface area (Å²) in [6.45, 7) is 1.17. The van der Waals surface area contributed by atoms with E-state index >= 15 is 0 Å². The summed E-state index contributed by atoms with van der Waals surface area (Å²) in [6, 6.07) is 11.8. The molecule has 0 aliphatic heterocycles. The predicted molar refractivity (Wildman–Crippen MR) is 109 cm³/mol. The fourth-order valence-corrected chi connectivity index (χ4v) is 3.74. The molecule has 2 N–H and O–H groups in total. The van der Waals surface area contributed by atoms with Crippen LogP contribution in [0.4, 0.5) is 24.5 Å². The number of aryl methyl sites for hydroxylation is 1. The molecule has 31 heavy (non-hydrogen) atoms. The molecule has 0 fully saturated rings. The second kappa shape index (κ2) is 9.09. The van der Waals surface area contributed by atoms with Crippen LogP contribution in [0, 0.1) is 24.4 Å². The van der Waals surface area contributed by atoms with Gasteiger partial charge in [0.05, 0.1) is 4.90 Å². The van der Waals surface area contributed by atoms with Gasteiger partial charge in [-0.15, -0.1) is 0 Å². The molecular weight excluding hydrogens is 433 g/mol. The van der Waals surface area contributed by atoms with Crippen molar-refractivity contribution in [3.8, 4) is 5.75 Å². The van der Waals surface area contributed by atoms with Crippen LogP contribution in [0.25, 0.3) is 0 Å². The topological polar surface area (TPSA) is 84.5 Å². The maximum atomic E-state index is 13.2. The van der Waals surface area contributed by atoms with Crippen molar-refractivity contribution in [3.05, 3.63) is 83.7 Å². The fourth-order valence-electron chi connectivity index (χ4n) is 2.60. The number of benzene rings is 3. The quantitative estimate of drug-likeness (QED) is 0.564. The molecule has 0 saturated carbocycles. The van der Waals surface area contributed by atoms with Crippen LogP contribution in [0.15, 0.2) is 65.6 Å². The molecule has 3 aromatic rings. The summed E-state index contributed by atoms with van der Waals surface area (Å²) in [5.74, 6) is -2.97. The van der Waals surface area contributed by atoms with Gasteiger partial charge >= 0.3 is 0 Å². The van der Waals surface area contributed by atoms with E-state index in [0.717, 1.165) is 24.3 Å². The number of ether oxygens (including phenoxy) is 1. The lowest BCUT2D eigenvalue weighted by atomic mass is 10.2. The molecular formula is C21H17F3N2O4S. The number of rotatable bonds is 7. The van der Waals surface area contributed by atoms with Crippen LogP contribution < -0.4 is 14.8 Å². The molecule has 0 bridgehead atoms. The Kier molecular flexibility index (Phi) is 6.50. The van der Waals surface area contributed by atoms with Crippen LogP contribution in [-0.4, -0.2) is 20.9 Å². The van der Waals surface area contributed by atoms with E-state index < -0.39 is 40.0 Å². The summed E-state index contributed by atoms with van der Waals surface area (Å²) in [4.78, 5) is 11.9. The van der Waals surface area contributed by atoms with Crippen molar-refractivity contribution in [1.29, 1.82) is 0 Å². The molecule has 3 aromatic carbocycles. The Bertz CT molecular complexity index is 1220. The molecule has 6 nitrogen and oxygen atoms in total. The zero-order valence-electron chi connectivity index (χ0n) is 16.2. The van der Waals surface area contributed by atoms with E-state index in [1.54, 1.807) is 6.92 Å². The second-order valence-electron chi connectivity index (χ2n) is 6.51. The third-order valence-electron chi connectivity index (χ3n) is 4.12. The van der Waals surface area contributed by atoms with Gasteiger partial charge in [0.2, 0.25) is 0 Å². The van der Waals surface area contributed by atoms with Crippen molar-refractivity contribution in [2.45, 2.75) is 11.8 Å². The highest BCUT2D eigenvalue weighted by Crippen LogP contribution is 2.24. The van der Waals surface area contributed by atoms with Gasteiger partial charge in [0.1, 0.15) is 11.6 Å². The van der Waals surface area contributed by atoms with E-state index in [1.807, 2.05) is 0 Å². The molecule has 162 valence electrons. The van der Waals surface area contributed by atoms with Gasteiger partial charge in [-0.2, -0.15) is 0 Å². The van der Waals surface area contributed by atoms with Gasteiger partial charge in [0.25, 0.3) is 15.9 Å². The smallest absolute Gasteiger partial charge is 0.262 e. The van der Waals surface area contributed by atoms with Gasteiger partial charge in [-0.25, -0.2) is 21.6 Å². The minimum Gasteiger partial charge on any atom is -0.483 e.